The number of ether oxygens (including phenoxy) is 1. The van der Waals surface area contributed by atoms with Gasteiger partial charge >= 0.3 is 0 Å². The van der Waals surface area contributed by atoms with Gasteiger partial charge < -0.3 is 15.8 Å². The van der Waals surface area contributed by atoms with Gasteiger partial charge in [0.25, 0.3) is 5.91 Å². The van der Waals surface area contributed by atoms with Gasteiger partial charge in [-0.1, -0.05) is 13.8 Å². The molecule has 1 aromatic rings. The van der Waals surface area contributed by atoms with Crippen LogP contribution in [-0.2, 0) is 4.79 Å². The van der Waals surface area contributed by atoms with Crippen molar-refractivity contribution >= 4 is 11.6 Å². The first-order valence-corrected chi connectivity index (χ1v) is 6.91. The van der Waals surface area contributed by atoms with Crippen molar-refractivity contribution in [2.24, 2.45) is 0 Å². The van der Waals surface area contributed by atoms with Crippen LogP contribution in [0, 0.1) is 12.7 Å². The Morgan fingerprint density at radius 1 is 1.40 bits per heavy atom. The normalized spacial score (nSPS) is 12.3. The number of anilines is 1. The van der Waals surface area contributed by atoms with Gasteiger partial charge in [-0.25, -0.2) is 4.39 Å². The molecule has 0 bridgehead atoms. The van der Waals surface area contributed by atoms with Crippen molar-refractivity contribution in [3.05, 3.63) is 23.5 Å². The van der Waals surface area contributed by atoms with Crippen molar-refractivity contribution in [1.82, 2.24) is 5.32 Å². The van der Waals surface area contributed by atoms with Crippen LogP contribution >= 0.6 is 0 Å². The van der Waals surface area contributed by atoms with Gasteiger partial charge in [-0.3, -0.25) is 4.79 Å². The number of rotatable bonds is 6. The predicted molar refractivity (Wildman–Crippen MR) is 78.2 cm³/mol. The van der Waals surface area contributed by atoms with E-state index in [-0.39, 0.29) is 17.7 Å². The highest BCUT2D eigenvalue weighted by Gasteiger charge is 2.19. The number of halogens is 1. The van der Waals surface area contributed by atoms with Gasteiger partial charge in [0, 0.05) is 17.8 Å². The molecule has 0 saturated heterocycles. The summed E-state index contributed by atoms with van der Waals surface area (Å²) >= 11 is 0. The minimum absolute atomic E-state index is 0.0453. The third-order valence-electron chi connectivity index (χ3n) is 3.33. The molecule has 4 nitrogen and oxygen atoms in total. The molecular weight excluding hydrogens is 259 g/mol. The van der Waals surface area contributed by atoms with E-state index in [0.29, 0.717) is 11.3 Å². The zero-order valence-corrected chi connectivity index (χ0v) is 12.5. The van der Waals surface area contributed by atoms with E-state index in [2.05, 4.69) is 5.32 Å². The standard InChI is InChI=1S/C15H23FN2O2/c1-5-11(6-2)18-15(19)10(4)20-14-7-9(3)13(17)8-12(14)16/h7-8,10-11H,5-6,17H2,1-4H3,(H,18,19). The van der Waals surface area contributed by atoms with Crippen LogP contribution in [0.1, 0.15) is 39.2 Å². The summed E-state index contributed by atoms with van der Waals surface area (Å²) in [6.07, 6.45) is 0.947. The Hall–Kier alpha value is -1.78. The second-order valence-corrected chi connectivity index (χ2v) is 4.92. The first kappa shape index (κ1) is 16.3. The molecule has 5 heteroatoms. The fraction of sp³-hybridized carbons (Fsp3) is 0.533. The van der Waals surface area contributed by atoms with Crippen LogP contribution in [-0.4, -0.2) is 18.1 Å². The Bertz CT molecular complexity index is 473. The Morgan fingerprint density at radius 3 is 2.55 bits per heavy atom. The van der Waals surface area contributed by atoms with Gasteiger partial charge in [0.1, 0.15) is 0 Å². The van der Waals surface area contributed by atoms with Gasteiger partial charge in [-0.05, 0) is 38.3 Å². The second-order valence-electron chi connectivity index (χ2n) is 4.92. The van der Waals surface area contributed by atoms with E-state index in [9.17, 15) is 9.18 Å². The molecule has 20 heavy (non-hydrogen) atoms. The first-order chi connectivity index (χ1) is 9.38. The van der Waals surface area contributed by atoms with Gasteiger partial charge in [0.15, 0.2) is 17.7 Å². The zero-order chi connectivity index (χ0) is 15.3. The summed E-state index contributed by atoms with van der Waals surface area (Å²) in [5.41, 5.74) is 6.69. The number of amides is 1. The first-order valence-electron chi connectivity index (χ1n) is 6.91. The van der Waals surface area contributed by atoms with E-state index < -0.39 is 11.9 Å². The SMILES string of the molecule is CCC(CC)NC(=O)C(C)Oc1cc(C)c(N)cc1F. The fourth-order valence-electron chi connectivity index (χ4n) is 1.82. The molecule has 0 fully saturated rings. The summed E-state index contributed by atoms with van der Waals surface area (Å²) < 4.78 is 19.1. The molecule has 0 saturated carbocycles. The highest BCUT2D eigenvalue weighted by molar-refractivity contribution is 5.81. The van der Waals surface area contributed by atoms with Crippen molar-refractivity contribution in [2.75, 3.05) is 5.73 Å². The van der Waals surface area contributed by atoms with E-state index in [4.69, 9.17) is 10.5 Å². The predicted octanol–water partition coefficient (Wildman–Crippen LogP) is 2.79. The molecule has 1 amide bonds. The quantitative estimate of drug-likeness (QED) is 0.789. The molecule has 0 aromatic heterocycles. The molecule has 1 atom stereocenters. The van der Waals surface area contributed by atoms with Crippen LogP contribution in [0.3, 0.4) is 0 Å². The molecule has 0 aliphatic rings. The van der Waals surface area contributed by atoms with E-state index >= 15 is 0 Å². The molecule has 1 unspecified atom stereocenters. The van der Waals surface area contributed by atoms with Gasteiger partial charge in [0.2, 0.25) is 0 Å². The molecule has 0 spiro atoms. The maximum atomic E-state index is 13.7. The second kappa shape index (κ2) is 7.12. The molecule has 0 aliphatic carbocycles. The monoisotopic (exact) mass is 282 g/mol. The van der Waals surface area contributed by atoms with E-state index in [0.717, 1.165) is 12.8 Å². The minimum atomic E-state index is -0.756. The molecule has 0 aliphatic heterocycles. The molecular formula is C15H23FN2O2. The summed E-state index contributed by atoms with van der Waals surface area (Å²) in [5.74, 6) is -0.758. The number of aryl methyl sites for hydroxylation is 1. The number of nitrogen functional groups attached to an aromatic ring is 1. The Morgan fingerprint density at radius 2 is 2.00 bits per heavy atom. The van der Waals surface area contributed by atoms with E-state index in [1.165, 1.54) is 12.1 Å². The molecule has 1 rings (SSSR count). The maximum absolute atomic E-state index is 13.7. The fourth-order valence-corrected chi connectivity index (χ4v) is 1.82. The van der Waals surface area contributed by atoms with Crippen LogP contribution in [0.25, 0.3) is 0 Å². The van der Waals surface area contributed by atoms with Crippen LogP contribution in [0.5, 0.6) is 5.75 Å². The van der Waals surface area contributed by atoms with Crippen molar-refractivity contribution in [3.63, 3.8) is 0 Å². The van der Waals surface area contributed by atoms with Crippen molar-refractivity contribution in [1.29, 1.82) is 0 Å². The van der Waals surface area contributed by atoms with Gasteiger partial charge in [-0.15, -0.1) is 0 Å². The van der Waals surface area contributed by atoms with Crippen molar-refractivity contribution in [3.8, 4) is 5.75 Å². The molecule has 1 aromatic carbocycles. The maximum Gasteiger partial charge on any atom is 0.260 e. The number of carbonyl (C=O) groups excluding carboxylic acids is 1. The lowest BCUT2D eigenvalue weighted by Crippen LogP contribution is -2.42. The summed E-state index contributed by atoms with van der Waals surface area (Å²) in [6.45, 7) is 7.37. The third kappa shape index (κ3) is 4.11. The topological polar surface area (TPSA) is 64.3 Å². The van der Waals surface area contributed by atoms with Crippen molar-refractivity contribution < 1.29 is 13.9 Å². The van der Waals surface area contributed by atoms with E-state index in [1.54, 1.807) is 13.8 Å². The number of hydrogen-bond acceptors (Lipinski definition) is 3. The zero-order valence-electron chi connectivity index (χ0n) is 12.5. The van der Waals surface area contributed by atoms with Crippen LogP contribution in [0.4, 0.5) is 10.1 Å². The Labute approximate surface area is 119 Å². The summed E-state index contributed by atoms with van der Waals surface area (Å²) in [5, 5.41) is 2.87. The lowest BCUT2D eigenvalue weighted by Gasteiger charge is -2.20. The number of carbonyl (C=O) groups is 1. The average Bonchev–Trinajstić information content (AvgIpc) is 2.41. The molecule has 112 valence electrons. The molecule has 3 N–H and O–H groups in total. The van der Waals surface area contributed by atoms with Crippen LogP contribution < -0.4 is 15.8 Å². The van der Waals surface area contributed by atoms with E-state index in [1.807, 2.05) is 13.8 Å². The lowest BCUT2D eigenvalue weighted by atomic mass is 10.1. The van der Waals surface area contributed by atoms with Gasteiger partial charge in [0.05, 0.1) is 0 Å². The van der Waals surface area contributed by atoms with Crippen LogP contribution in [0.2, 0.25) is 0 Å². The highest BCUT2D eigenvalue weighted by atomic mass is 19.1. The largest absolute Gasteiger partial charge is 0.478 e. The lowest BCUT2D eigenvalue weighted by molar-refractivity contribution is -0.128. The third-order valence-corrected chi connectivity index (χ3v) is 3.33. The van der Waals surface area contributed by atoms with Crippen LogP contribution in [0.15, 0.2) is 12.1 Å². The number of benzene rings is 1. The molecule has 0 radical (unpaired) electrons. The van der Waals surface area contributed by atoms with Crippen molar-refractivity contribution in [2.45, 2.75) is 52.7 Å². The summed E-state index contributed by atoms with van der Waals surface area (Å²) in [6, 6.07) is 2.83. The Balaban J connectivity index is 2.73. The number of nitrogens with two attached hydrogens (primary N) is 1. The summed E-state index contributed by atoms with van der Waals surface area (Å²) in [4.78, 5) is 12.0. The highest BCUT2D eigenvalue weighted by Crippen LogP contribution is 2.24. The molecule has 0 heterocycles. The smallest absolute Gasteiger partial charge is 0.260 e. The van der Waals surface area contributed by atoms with Gasteiger partial charge in [-0.2, -0.15) is 0 Å². The average molecular weight is 282 g/mol. The number of hydrogen-bond donors (Lipinski definition) is 2. The minimum Gasteiger partial charge on any atom is -0.478 e. The summed E-state index contributed by atoms with van der Waals surface area (Å²) in [7, 11) is 0. The number of nitrogens with one attached hydrogen (secondary N) is 1. The Kier molecular flexibility index (Phi) is 5.80.